The number of amides is 2. The highest BCUT2D eigenvalue weighted by Crippen LogP contribution is 2.04. The quantitative estimate of drug-likeness (QED) is 0.265. The van der Waals surface area contributed by atoms with Crippen molar-refractivity contribution in [1.29, 1.82) is 0 Å². The molecular weight excluding hydrogens is 362 g/mol. The first kappa shape index (κ1) is 21.9. The molecule has 0 aliphatic rings. The van der Waals surface area contributed by atoms with Crippen LogP contribution < -0.4 is 16.4 Å². The number of nitrogens with two attached hydrogens (primary N) is 1. The van der Waals surface area contributed by atoms with E-state index in [1.165, 1.54) is 31.2 Å². The summed E-state index contributed by atoms with van der Waals surface area (Å²) >= 11 is 1.45. The number of carboxylic acid groups (broad SMARTS) is 1. The molecule has 0 aliphatic heterocycles. The smallest absolute Gasteiger partial charge is 0.326 e. The highest BCUT2D eigenvalue weighted by atomic mass is 32.2. The number of aromatic amines is 1. The Bertz CT molecular complexity index is 595. The number of imidazole rings is 1. The highest BCUT2D eigenvalue weighted by Gasteiger charge is 2.30. The Labute approximate surface area is 155 Å². The van der Waals surface area contributed by atoms with Gasteiger partial charge in [0.15, 0.2) is 0 Å². The van der Waals surface area contributed by atoms with Crippen LogP contribution in [-0.2, 0) is 20.8 Å². The van der Waals surface area contributed by atoms with E-state index in [0.717, 1.165) is 0 Å². The largest absolute Gasteiger partial charge is 0.480 e. The number of thioether (sulfide) groups is 1. The summed E-state index contributed by atoms with van der Waals surface area (Å²) < 4.78 is 0. The van der Waals surface area contributed by atoms with Gasteiger partial charge in [-0.15, -0.1) is 0 Å². The van der Waals surface area contributed by atoms with Crippen LogP contribution in [0.25, 0.3) is 0 Å². The summed E-state index contributed by atoms with van der Waals surface area (Å²) in [5.74, 6) is -2.07. The zero-order valence-electron chi connectivity index (χ0n) is 14.6. The average molecular weight is 387 g/mol. The van der Waals surface area contributed by atoms with Crippen molar-refractivity contribution in [3.63, 3.8) is 0 Å². The lowest BCUT2D eigenvalue weighted by Crippen LogP contribution is -2.58. The molecule has 0 fully saturated rings. The summed E-state index contributed by atoms with van der Waals surface area (Å²) in [4.78, 5) is 42.4. The van der Waals surface area contributed by atoms with Crippen LogP contribution in [0.15, 0.2) is 12.5 Å². The molecule has 11 heteroatoms. The minimum absolute atomic E-state index is 0.172. The van der Waals surface area contributed by atoms with Crippen molar-refractivity contribution in [3.8, 4) is 0 Å². The van der Waals surface area contributed by atoms with Crippen LogP contribution in [0.4, 0.5) is 0 Å². The Hall–Kier alpha value is -2.11. The van der Waals surface area contributed by atoms with Gasteiger partial charge >= 0.3 is 5.97 Å². The van der Waals surface area contributed by atoms with Gasteiger partial charge in [-0.05, 0) is 25.4 Å². The zero-order chi connectivity index (χ0) is 19.7. The van der Waals surface area contributed by atoms with E-state index in [1.54, 1.807) is 0 Å². The minimum atomic E-state index is -1.31. The number of nitrogens with one attached hydrogen (secondary N) is 3. The molecular formula is C15H25N5O5S. The zero-order valence-corrected chi connectivity index (χ0v) is 15.5. The second-order valence-electron chi connectivity index (χ2n) is 5.80. The van der Waals surface area contributed by atoms with Crippen molar-refractivity contribution >= 4 is 29.5 Å². The molecule has 1 rings (SSSR count). The van der Waals surface area contributed by atoms with Gasteiger partial charge in [-0.2, -0.15) is 11.8 Å². The number of carbonyl (C=O) groups is 3. The number of aromatic nitrogens is 2. The van der Waals surface area contributed by atoms with Gasteiger partial charge < -0.3 is 31.6 Å². The third kappa shape index (κ3) is 7.02. The van der Waals surface area contributed by atoms with Crippen LogP contribution in [0.1, 0.15) is 19.0 Å². The van der Waals surface area contributed by atoms with Gasteiger partial charge in [0, 0.05) is 18.3 Å². The molecule has 1 aromatic heterocycles. The second kappa shape index (κ2) is 10.8. The van der Waals surface area contributed by atoms with Gasteiger partial charge in [0.1, 0.15) is 12.1 Å². The Morgan fingerprint density at radius 1 is 1.35 bits per heavy atom. The van der Waals surface area contributed by atoms with Gasteiger partial charge in [-0.3, -0.25) is 9.59 Å². The molecule has 0 spiro atoms. The van der Waals surface area contributed by atoms with Gasteiger partial charge in [0.25, 0.3) is 0 Å². The molecule has 0 saturated heterocycles. The van der Waals surface area contributed by atoms with Gasteiger partial charge in [-0.1, -0.05) is 0 Å². The van der Waals surface area contributed by atoms with Gasteiger partial charge in [-0.25, -0.2) is 9.78 Å². The number of hydrogen-bond donors (Lipinski definition) is 6. The van der Waals surface area contributed by atoms with Crippen LogP contribution in [0.5, 0.6) is 0 Å². The highest BCUT2D eigenvalue weighted by molar-refractivity contribution is 7.98. The van der Waals surface area contributed by atoms with E-state index in [4.69, 9.17) is 5.73 Å². The van der Waals surface area contributed by atoms with E-state index in [9.17, 15) is 24.6 Å². The number of rotatable bonds is 11. The number of aliphatic hydroxyl groups is 1. The average Bonchev–Trinajstić information content (AvgIpc) is 3.08. The van der Waals surface area contributed by atoms with Crippen LogP contribution in [0, 0.1) is 0 Å². The molecule has 4 unspecified atom stereocenters. The third-order valence-corrected chi connectivity index (χ3v) is 4.26. The van der Waals surface area contributed by atoms with Crippen molar-refractivity contribution in [2.75, 3.05) is 12.0 Å². The molecule has 0 radical (unpaired) electrons. The van der Waals surface area contributed by atoms with Crippen molar-refractivity contribution in [2.24, 2.45) is 5.73 Å². The maximum atomic E-state index is 12.3. The lowest BCUT2D eigenvalue weighted by Gasteiger charge is -2.24. The number of carboxylic acids is 1. The number of aliphatic hydroxyl groups excluding tert-OH is 1. The van der Waals surface area contributed by atoms with E-state index >= 15 is 0 Å². The summed E-state index contributed by atoms with van der Waals surface area (Å²) in [6, 6.07) is -3.38. The fourth-order valence-electron chi connectivity index (χ4n) is 2.15. The van der Waals surface area contributed by atoms with Crippen LogP contribution in [0.3, 0.4) is 0 Å². The lowest BCUT2D eigenvalue weighted by molar-refractivity contribution is -0.143. The van der Waals surface area contributed by atoms with Gasteiger partial charge in [0.2, 0.25) is 11.8 Å². The first-order chi connectivity index (χ1) is 12.3. The predicted molar refractivity (Wildman–Crippen MR) is 96.4 cm³/mol. The maximum absolute atomic E-state index is 12.3. The van der Waals surface area contributed by atoms with Gasteiger partial charge in [0.05, 0.1) is 18.5 Å². The van der Waals surface area contributed by atoms with E-state index < -0.39 is 42.0 Å². The standard InChI is InChI=1S/C15H25N5O5S/c1-8(21)12(14(23)19-11(15(24)25)3-4-26-2)20-13(22)10(16)5-9-6-17-7-18-9/h6-8,10-12,21H,3-5,16H2,1-2H3,(H,17,18)(H,19,23)(H,20,22)(H,24,25). The van der Waals surface area contributed by atoms with Crippen LogP contribution in [-0.4, -0.2) is 74.2 Å². The van der Waals surface area contributed by atoms with E-state index in [-0.39, 0.29) is 12.8 Å². The summed E-state index contributed by atoms with van der Waals surface area (Å²) in [6.07, 6.45) is 3.96. The summed E-state index contributed by atoms with van der Waals surface area (Å²) in [5, 5.41) is 23.7. The van der Waals surface area contributed by atoms with Crippen molar-refractivity contribution in [3.05, 3.63) is 18.2 Å². The van der Waals surface area contributed by atoms with Crippen LogP contribution >= 0.6 is 11.8 Å². The molecule has 7 N–H and O–H groups in total. The first-order valence-electron chi connectivity index (χ1n) is 7.99. The molecule has 26 heavy (non-hydrogen) atoms. The monoisotopic (exact) mass is 387 g/mol. The molecule has 146 valence electrons. The molecule has 0 bridgehead atoms. The van der Waals surface area contributed by atoms with E-state index in [0.29, 0.717) is 11.4 Å². The maximum Gasteiger partial charge on any atom is 0.326 e. The molecule has 1 heterocycles. The molecule has 10 nitrogen and oxygen atoms in total. The normalized spacial score (nSPS) is 15.5. The van der Waals surface area contributed by atoms with E-state index in [1.807, 2.05) is 6.26 Å². The molecule has 0 aliphatic carbocycles. The van der Waals surface area contributed by atoms with Crippen LogP contribution in [0.2, 0.25) is 0 Å². The molecule has 2 amide bonds. The number of H-pyrrole nitrogens is 1. The third-order valence-electron chi connectivity index (χ3n) is 3.62. The Balaban J connectivity index is 2.69. The number of hydrogen-bond acceptors (Lipinski definition) is 7. The van der Waals surface area contributed by atoms with Crippen molar-refractivity contribution in [1.82, 2.24) is 20.6 Å². The Morgan fingerprint density at radius 3 is 2.54 bits per heavy atom. The molecule has 1 aromatic rings. The fourth-order valence-corrected chi connectivity index (χ4v) is 2.62. The number of nitrogens with zero attached hydrogens (tertiary/aromatic N) is 1. The Kier molecular flexibility index (Phi) is 9.10. The Morgan fingerprint density at radius 2 is 2.04 bits per heavy atom. The van der Waals surface area contributed by atoms with Crippen molar-refractivity contribution in [2.45, 2.75) is 44.0 Å². The number of carbonyl (C=O) groups excluding carboxylic acids is 2. The summed E-state index contributed by atoms with van der Waals surface area (Å²) in [5.41, 5.74) is 6.45. The SMILES string of the molecule is CSCCC(NC(=O)C(NC(=O)C(N)Cc1cnc[nH]1)C(C)O)C(=O)O. The topological polar surface area (TPSA) is 170 Å². The molecule has 4 atom stereocenters. The predicted octanol–water partition coefficient (Wildman–Crippen LogP) is -1.53. The summed E-state index contributed by atoms with van der Waals surface area (Å²) in [6.45, 7) is 1.32. The lowest BCUT2D eigenvalue weighted by atomic mass is 10.1. The second-order valence-corrected chi connectivity index (χ2v) is 6.78. The molecule has 0 aromatic carbocycles. The minimum Gasteiger partial charge on any atom is -0.480 e. The number of aliphatic carboxylic acids is 1. The fraction of sp³-hybridized carbons (Fsp3) is 0.600. The van der Waals surface area contributed by atoms with E-state index in [2.05, 4.69) is 20.6 Å². The summed E-state index contributed by atoms with van der Waals surface area (Å²) in [7, 11) is 0. The van der Waals surface area contributed by atoms with Crippen molar-refractivity contribution < 1.29 is 24.6 Å². The first-order valence-corrected chi connectivity index (χ1v) is 9.39. The molecule has 0 saturated carbocycles.